The second-order valence-electron chi connectivity index (χ2n) is 8.57. The molecule has 1 aromatic carbocycles. The van der Waals surface area contributed by atoms with E-state index >= 15 is 0 Å². The van der Waals surface area contributed by atoms with Crippen molar-refractivity contribution in [3.8, 4) is 0 Å². The van der Waals surface area contributed by atoms with E-state index in [1.807, 2.05) is 26.0 Å². The SMILES string of the molecule is CC(C)[C@H](NC(=O)[C@H](C)NC(=O)[C@H]1N2C(=O)c3ccccc3[C@@H]2SC1(C)C)C(=O)O. The van der Waals surface area contributed by atoms with Crippen molar-refractivity contribution < 1.29 is 24.3 Å². The lowest BCUT2D eigenvalue weighted by atomic mass is 10.00. The van der Waals surface area contributed by atoms with E-state index in [1.54, 1.807) is 42.6 Å². The number of rotatable bonds is 6. The fourth-order valence-corrected chi connectivity index (χ4v) is 5.54. The maximum Gasteiger partial charge on any atom is 0.326 e. The number of nitrogens with zero attached hydrogens (tertiary/aromatic N) is 1. The van der Waals surface area contributed by atoms with Crippen LogP contribution in [0.25, 0.3) is 0 Å². The van der Waals surface area contributed by atoms with Gasteiger partial charge in [0.2, 0.25) is 11.8 Å². The van der Waals surface area contributed by atoms with Crippen molar-refractivity contribution >= 4 is 35.5 Å². The molecule has 0 aliphatic carbocycles. The Morgan fingerprint density at radius 2 is 1.77 bits per heavy atom. The first kappa shape index (κ1) is 22.1. The van der Waals surface area contributed by atoms with Crippen LogP contribution in [0.3, 0.4) is 0 Å². The molecule has 162 valence electrons. The Morgan fingerprint density at radius 1 is 1.13 bits per heavy atom. The van der Waals surface area contributed by atoms with Gasteiger partial charge in [-0.25, -0.2) is 4.79 Å². The lowest BCUT2D eigenvalue weighted by Gasteiger charge is -2.30. The van der Waals surface area contributed by atoms with Crippen LogP contribution in [-0.2, 0) is 14.4 Å². The number of benzene rings is 1. The summed E-state index contributed by atoms with van der Waals surface area (Å²) in [5, 5.41) is 14.1. The molecule has 1 fully saturated rings. The Hall–Kier alpha value is -2.55. The van der Waals surface area contributed by atoms with Crippen LogP contribution >= 0.6 is 11.8 Å². The molecule has 3 amide bonds. The number of fused-ring (bicyclic) bond motifs is 3. The van der Waals surface area contributed by atoms with Crippen molar-refractivity contribution in [2.75, 3.05) is 0 Å². The van der Waals surface area contributed by atoms with E-state index in [9.17, 15) is 24.3 Å². The first-order valence-electron chi connectivity index (χ1n) is 9.88. The third kappa shape index (κ3) is 3.78. The molecule has 8 nitrogen and oxygen atoms in total. The van der Waals surface area contributed by atoms with Gasteiger partial charge in [-0.05, 0) is 38.3 Å². The van der Waals surface area contributed by atoms with Crippen molar-refractivity contribution in [3.63, 3.8) is 0 Å². The van der Waals surface area contributed by atoms with Gasteiger partial charge in [-0.15, -0.1) is 11.8 Å². The van der Waals surface area contributed by atoms with Gasteiger partial charge < -0.3 is 20.6 Å². The molecule has 2 heterocycles. The minimum absolute atomic E-state index is 0.198. The molecule has 30 heavy (non-hydrogen) atoms. The third-order valence-electron chi connectivity index (χ3n) is 5.53. The molecule has 0 unspecified atom stereocenters. The lowest BCUT2D eigenvalue weighted by Crippen LogP contribution is -2.57. The predicted molar refractivity (Wildman–Crippen MR) is 113 cm³/mol. The largest absolute Gasteiger partial charge is 0.480 e. The van der Waals surface area contributed by atoms with Crippen molar-refractivity contribution in [3.05, 3.63) is 35.4 Å². The summed E-state index contributed by atoms with van der Waals surface area (Å²) in [6.07, 6.45) is 0. The maximum atomic E-state index is 13.2. The van der Waals surface area contributed by atoms with Gasteiger partial charge in [0.25, 0.3) is 5.91 Å². The highest BCUT2D eigenvalue weighted by atomic mass is 32.2. The second kappa shape index (κ2) is 7.94. The van der Waals surface area contributed by atoms with E-state index in [1.165, 1.54) is 6.92 Å². The number of carboxylic acids is 1. The Morgan fingerprint density at radius 3 is 2.37 bits per heavy atom. The molecule has 0 bridgehead atoms. The van der Waals surface area contributed by atoms with Crippen LogP contribution in [0.5, 0.6) is 0 Å². The van der Waals surface area contributed by atoms with Gasteiger partial charge in [-0.2, -0.15) is 0 Å². The standard InChI is InChI=1S/C21H27N3O5S/c1-10(2)14(20(28)29)23-16(25)11(3)22-17(26)15-21(4,5)30-19-13-9-7-6-8-12(13)18(27)24(15)19/h6-11,14-15,19H,1-5H3,(H,22,26)(H,23,25)(H,28,29)/t11-,14-,15+,19-/m0/s1. The normalized spacial score (nSPS) is 23.5. The van der Waals surface area contributed by atoms with Crippen LogP contribution in [0, 0.1) is 5.92 Å². The van der Waals surface area contributed by atoms with Crippen LogP contribution in [0.15, 0.2) is 24.3 Å². The van der Waals surface area contributed by atoms with Crippen molar-refractivity contribution in [1.82, 2.24) is 15.5 Å². The number of nitrogens with one attached hydrogen (secondary N) is 2. The summed E-state index contributed by atoms with van der Waals surface area (Å²) in [5.74, 6) is -2.65. The topological polar surface area (TPSA) is 116 Å². The predicted octanol–water partition coefficient (Wildman–Crippen LogP) is 1.77. The minimum atomic E-state index is -1.13. The summed E-state index contributed by atoms with van der Waals surface area (Å²) < 4.78 is -0.560. The van der Waals surface area contributed by atoms with E-state index in [0.29, 0.717) is 5.56 Å². The number of hydrogen-bond acceptors (Lipinski definition) is 5. The lowest BCUT2D eigenvalue weighted by molar-refractivity contribution is -0.143. The second-order valence-corrected chi connectivity index (χ2v) is 10.3. The molecule has 2 aliphatic heterocycles. The van der Waals surface area contributed by atoms with Gasteiger partial charge in [-0.3, -0.25) is 14.4 Å². The quantitative estimate of drug-likeness (QED) is 0.630. The highest BCUT2D eigenvalue weighted by Gasteiger charge is 2.57. The zero-order valence-corrected chi connectivity index (χ0v) is 18.4. The Kier molecular flexibility index (Phi) is 5.86. The van der Waals surface area contributed by atoms with E-state index in [4.69, 9.17) is 0 Å². The Balaban J connectivity index is 1.76. The number of carbonyl (C=O) groups is 4. The molecular formula is C21H27N3O5S. The van der Waals surface area contributed by atoms with Crippen LogP contribution in [0.4, 0.5) is 0 Å². The third-order valence-corrected chi connectivity index (χ3v) is 7.06. The summed E-state index contributed by atoms with van der Waals surface area (Å²) in [6.45, 7) is 8.69. The van der Waals surface area contributed by atoms with E-state index in [2.05, 4.69) is 10.6 Å². The zero-order valence-electron chi connectivity index (χ0n) is 17.6. The summed E-state index contributed by atoms with van der Waals surface area (Å²) in [7, 11) is 0. The average Bonchev–Trinajstić information content (AvgIpc) is 3.08. The monoisotopic (exact) mass is 433 g/mol. The van der Waals surface area contributed by atoms with Gasteiger partial charge in [0.05, 0.1) is 0 Å². The smallest absolute Gasteiger partial charge is 0.326 e. The van der Waals surface area contributed by atoms with E-state index in [0.717, 1.165) is 5.56 Å². The number of carbonyl (C=O) groups excluding carboxylic acids is 3. The Labute approximate surface area is 179 Å². The summed E-state index contributed by atoms with van der Waals surface area (Å²) in [4.78, 5) is 51.5. The molecule has 0 aromatic heterocycles. The average molecular weight is 434 g/mol. The Bertz CT molecular complexity index is 900. The molecule has 1 saturated heterocycles. The first-order valence-corrected chi connectivity index (χ1v) is 10.8. The summed E-state index contributed by atoms with van der Waals surface area (Å²) >= 11 is 1.54. The highest BCUT2D eigenvalue weighted by Crippen LogP contribution is 2.56. The van der Waals surface area contributed by atoms with Gasteiger partial charge in [-0.1, -0.05) is 32.0 Å². The fraction of sp³-hybridized carbons (Fsp3) is 0.524. The molecule has 1 aromatic rings. The summed E-state index contributed by atoms with van der Waals surface area (Å²) in [6, 6.07) is 4.57. The van der Waals surface area contributed by atoms with Crippen LogP contribution in [0.1, 0.15) is 55.9 Å². The molecule has 2 aliphatic rings. The van der Waals surface area contributed by atoms with Crippen LogP contribution in [-0.4, -0.2) is 56.6 Å². The van der Waals surface area contributed by atoms with Crippen molar-refractivity contribution in [1.29, 1.82) is 0 Å². The van der Waals surface area contributed by atoms with Gasteiger partial charge in [0, 0.05) is 10.3 Å². The molecule has 3 N–H and O–H groups in total. The fourth-order valence-electron chi connectivity index (χ4n) is 3.95. The maximum absolute atomic E-state index is 13.2. The molecule has 0 spiro atoms. The molecule has 4 atom stereocenters. The van der Waals surface area contributed by atoms with Gasteiger partial charge in [0.1, 0.15) is 23.5 Å². The number of amides is 3. The number of thioether (sulfide) groups is 1. The minimum Gasteiger partial charge on any atom is -0.480 e. The number of aliphatic carboxylic acids is 1. The molecular weight excluding hydrogens is 406 g/mol. The zero-order chi connectivity index (χ0) is 22.4. The number of carboxylic acid groups (broad SMARTS) is 1. The molecule has 0 saturated carbocycles. The number of hydrogen-bond donors (Lipinski definition) is 3. The van der Waals surface area contributed by atoms with Crippen molar-refractivity contribution in [2.45, 2.75) is 62.9 Å². The molecule has 9 heteroatoms. The van der Waals surface area contributed by atoms with E-state index < -0.39 is 40.7 Å². The van der Waals surface area contributed by atoms with Crippen molar-refractivity contribution in [2.24, 2.45) is 5.92 Å². The van der Waals surface area contributed by atoms with Crippen LogP contribution in [0.2, 0.25) is 0 Å². The van der Waals surface area contributed by atoms with E-state index in [-0.39, 0.29) is 17.2 Å². The van der Waals surface area contributed by atoms with Gasteiger partial charge in [0.15, 0.2) is 0 Å². The van der Waals surface area contributed by atoms with Gasteiger partial charge >= 0.3 is 5.97 Å². The molecule has 3 rings (SSSR count). The first-order chi connectivity index (χ1) is 14.0. The van der Waals surface area contributed by atoms with Crippen LogP contribution < -0.4 is 10.6 Å². The molecule has 0 radical (unpaired) electrons. The highest BCUT2D eigenvalue weighted by molar-refractivity contribution is 8.01. The summed E-state index contributed by atoms with van der Waals surface area (Å²) in [5.41, 5.74) is 1.48.